The Hall–Kier alpha value is -3.10. The van der Waals surface area contributed by atoms with Crippen LogP contribution in [0.25, 0.3) is 0 Å². The van der Waals surface area contributed by atoms with E-state index in [0.717, 1.165) is 32.1 Å². The second-order valence-electron chi connectivity index (χ2n) is 12.7. The fourth-order valence-electron chi connectivity index (χ4n) is 5.10. The first-order valence-corrected chi connectivity index (χ1v) is 18.6. The average Bonchev–Trinajstić information content (AvgIpc) is 3.06. The van der Waals surface area contributed by atoms with Crippen LogP contribution in [0.1, 0.15) is 135 Å². The van der Waals surface area contributed by atoms with Crippen LogP contribution in [-0.2, 0) is 43.0 Å². The van der Waals surface area contributed by atoms with Gasteiger partial charge in [-0.05, 0) is 26.2 Å². The number of carbonyl (C=O) groups is 6. The summed E-state index contributed by atoms with van der Waals surface area (Å²) >= 11 is 0. The molecule has 0 aliphatic rings. The van der Waals surface area contributed by atoms with E-state index in [9.17, 15) is 28.8 Å². The molecule has 0 aromatic carbocycles. The number of hydrogen-bond donors (Lipinski definition) is 5. The maximum atomic E-state index is 12.0. The van der Waals surface area contributed by atoms with Crippen molar-refractivity contribution in [3.8, 4) is 0 Å². The highest BCUT2D eigenvalue weighted by Crippen LogP contribution is 2.14. The number of Topliss-reactive ketones (excluding diaryl/α,β-unsaturated/α-hetero) is 1. The van der Waals surface area contributed by atoms with E-state index < -0.39 is 36.4 Å². The summed E-state index contributed by atoms with van der Waals surface area (Å²) < 4.78 is 15.8. The third-order valence-corrected chi connectivity index (χ3v) is 7.94. The topological polar surface area (TPSA) is 207 Å². The van der Waals surface area contributed by atoms with E-state index in [-0.39, 0.29) is 44.3 Å². The van der Waals surface area contributed by atoms with Crippen molar-refractivity contribution in [2.45, 2.75) is 141 Å². The first kappa shape index (κ1) is 46.9. The number of aliphatic carboxylic acids is 2. The van der Waals surface area contributed by atoms with Crippen LogP contribution in [0, 0.1) is 0 Å². The van der Waals surface area contributed by atoms with Crippen molar-refractivity contribution in [1.29, 1.82) is 0 Å². The number of amides is 3. The first-order chi connectivity index (χ1) is 24.1. The maximum absolute atomic E-state index is 12.0. The Labute approximate surface area is 298 Å². The summed E-state index contributed by atoms with van der Waals surface area (Å²) in [6.07, 6.45) is 19.7. The van der Waals surface area contributed by atoms with Gasteiger partial charge in [-0.15, -0.1) is 0 Å². The summed E-state index contributed by atoms with van der Waals surface area (Å²) in [5.41, 5.74) is 0. The number of unbranched alkanes of at least 4 members (excludes halogenated alkanes) is 15. The second-order valence-corrected chi connectivity index (χ2v) is 12.7. The van der Waals surface area contributed by atoms with Gasteiger partial charge in [0.2, 0.25) is 17.7 Å². The van der Waals surface area contributed by atoms with Crippen molar-refractivity contribution in [2.24, 2.45) is 0 Å². The summed E-state index contributed by atoms with van der Waals surface area (Å²) in [5, 5.41) is 25.4. The van der Waals surface area contributed by atoms with Gasteiger partial charge < -0.3 is 45.2 Å². The molecule has 0 saturated carbocycles. The zero-order valence-electron chi connectivity index (χ0n) is 30.4. The van der Waals surface area contributed by atoms with E-state index in [1.807, 2.05) is 0 Å². The summed E-state index contributed by atoms with van der Waals surface area (Å²) in [5.74, 6) is -3.23. The molecule has 0 radical (unpaired) electrons. The number of carboxylic acids is 2. The van der Waals surface area contributed by atoms with Gasteiger partial charge in [0.1, 0.15) is 25.0 Å². The van der Waals surface area contributed by atoms with E-state index >= 15 is 0 Å². The molecule has 1 unspecified atom stereocenters. The highest BCUT2D eigenvalue weighted by Gasteiger charge is 2.20. The van der Waals surface area contributed by atoms with E-state index in [4.69, 9.17) is 24.4 Å². The Balaban J connectivity index is 3.42. The average molecular weight is 716 g/mol. The fourth-order valence-corrected chi connectivity index (χ4v) is 5.10. The van der Waals surface area contributed by atoms with Crippen molar-refractivity contribution >= 4 is 35.4 Å². The van der Waals surface area contributed by atoms with Crippen LogP contribution in [0.3, 0.4) is 0 Å². The van der Waals surface area contributed by atoms with Gasteiger partial charge in [-0.1, -0.05) is 89.9 Å². The Kier molecular flexibility index (Phi) is 32.2. The molecule has 3 amide bonds. The standard InChI is InChI=1S/C36H65N3O11/c1-30(40)20-21-31(36(46)47)39-34(43)29-50-28-33(42)38-23-25-49-27-26-48-24-22-37-32(41)18-16-14-12-10-8-6-4-2-3-5-7-9-11-13-15-17-19-35(44)45/h31H,2-29H2,1H3,(H,37,41)(H,38,42)(H,39,43)(H,44,45)(H,46,47). The predicted molar refractivity (Wildman–Crippen MR) is 189 cm³/mol. The number of carboxylic acid groups (broad SMARTS) is 2. The van der Waals surface area contributed by atoms with Crippen LogP contribution >= 0.6 is 0 Å². The summed E-state index contributed by atoms with van der Waals surface area (Å²) in [4.78, 5) is 68.3. The van der Waals surface area contributed by atoms with Gasteiger partial charge in [0.05, 0.1) is 26.4 Å². The Morgan fingerprint density at radius 3 is 1.36 bits per heavy atom. The third-order valence-electron chi connectivity index (χ3n) is 7.94. The molecule has 0 aliphatic carbocycles. The van der Waals surface area contributed by atoms with E-state index in [2.05, 4.69) is 16.0 Å². The van der Waals surface area contributed by atoms with Gasteiger partial charge in [-0.2, -0.15) is 0 Å². The van der Waals surface area contributed by atoms with Crippen molar-refractivity contribution in [3.63, 3.8) is 0 Å². The molecule has 14 nitrogen and oxygen atoms in total. The number of ether oxygens (including phenoxy) is 3. The molecular weight excluding hydrogens is 650 g/mol. The van der Waals surface area contributed by atoms with Crippen molar-refractivity contribution in [3.05, 3.63) is 0 Å². The molecule has 0 heterocycles. The third kappa shape index (κ3) is 34.8. The van der Waals surface area contributed by atoms with Crippen molar-refractivity contribution < 1.29 is 53.2 Å². The lowest BCUT2D eigenvalue weighted by atomic mass is 10.0. The van der Waals surface area contributed by atoms with E-state index in [0.29, 0.717) is 39.2 Å². The molecule has 0 rings (SSSR count). The van der Waals surface area contributed by atoms with Crippen molar-refractivity contribution in [2.75, 3.05) is 52.7 Å². The highest BCUT2D eigenvalue weighted by atomic mass is 16.5. The molecule has 0 aromatic rings. The van der Waals surface area contributed by atoms with Gasteiger partial charge in [-0.25, -0.2) is 4.79 Å². The molecule has 0 fully saturated rings. The summed E-state index contributed by atoms with van der Waals surface area (Å²) in [6, 6.07) is -1.20. The minimum absolute atomic E-state index is 0.0221. The summed E-state index contributed by atoms with van der Waals surface area (Å²) in [7, 11) is 0. The van der Waals surface area contributed by atoms with Crippen molar-refractivity contribution in [1.82, 2.24) is 16.0 Å². The van der Waals surface area contributed by atoms with E-state index in [1.54, 1.807) is 0 Å². The van der Waals surface area contributed by atoms with Gasteiger partial charge in [0, 0.05) is 32.4 Å². The van der Waals surface area contributed by atoms with Gasteiger partial charge in [0.25, 0.3) is 0 Å². The molecule has 0 saturated heterocycles. The molecule has 14 heteroatoms. The molecule has 1 atom stereocenters. The molecular formula is C36H65N3O11. The zero-order valence-corrected chi connectivity index (χ0v) is 30.4. The smallest absolute Gasteiger partial charge is 0.326 e. The molecule has 290 valence electrons. The number of ketones is 1. The molecule has 5 N–H and O–H groups in total. The number of nitrogens with one attached hydrogen (secondary N) is 3. The first-order valence-electron chi connectivity index (χ1n) is 18.6. The molecule has 0 spiro atoms. The van der Waals surface area contributed by atoms with Crippen LogP contribution in [0.2, 0.25) is 0 Å². The molecule has 0 aromatic heterocycles. The molecule has 0 bridgehead atoms. The Bertz CT molecular complexity index is 933. The number of rotatable bonds is 37. The SMILES string of the molecule is CC(=O)CCC(NC(=O)COCC(=O)NCCOCCOCCNC(=O)CCCCCCCCCCCCCCCCCCC(=O)O)C(=O)O. The number of hydrogen-bond acceptors (Lipinski definition) is 9. The molecule has 50 heavy (non-hydrogen) atoms. The zero-order chi connectivity index (χ0) is 37.1. The maximum Gasteiger partial charge on any atom is 0.326 e. The molecule has 0 aliphatic heterocycles. The second kappa shape index (κ2) is 34.4. The van der Waals surface area contributed by atoms with Gasteiger partial charge in [0.15, 0.2) is 0 Å². The normalized spacial score (nSPS) is 11.5. The number of carbonyl (C=O) groups excluding carboxylic acids is 4. The van der Waals surface area contributed by atoms with Crippen LogP contribution in [0.15, 0.2) is 0 Å². The minimum Gasteiger partial charge on any atom is -0.481 e. The predicted octanol–water partition coefficient (Wildman–Crippen LogP) is 4.31. The highest BCUT2D eigenvalue weighted by molar-refractivity contribution is 5.85. The van der Waals surface area contributed by atoms with Crippen LogP contribution in [0.5, 0.6) is 0 Å². The van der Waals surface area contributed by atoms with Crippen LogP contribution < -0.4 is 16.0 Å². The quantitative estimate of drug-likeness (QED) is 0.0573. The van der Waals surface area contributed by atoms with Crippen LogP contribution in [0.4, 0.5) is 0 Å². The largest absolute Gasteiger partial charge is 0.481 e. The van der Waals surface area contributed by atoms with Crippen LogP contribution in [-0.4, -0.2) is 104 Å². The monoisotopic (exact) mass is 715 g/mol. The van der Waals surface area contributed by atoms with E-state index in [1.165, 1.54) is 77.6 Å². The Morgan fingerprint density at radius 2 is 0.920 bits per heavy atom. The lowest BCUT2D eigenvalue weighted by Crippen LogP contribution is -2.43. The van der Waals surface area contributed by atoms with Gasteiger partial charge >= 0.3 is 11.9 Å². The minimum atomic E-state index is -1.25. The fraction of sp³-hybridized carbons (Fsp3) is 0.833. The lowest BCUT2D eigenvalue weighted by Gasteiger charge is -2.13. The Morgan fingerprint density at radius 1 is 0.500 bits per heavy atom. The summed E-state index contributed by atoms with van der Waals surface area (Å²) in [6.45, 7) is 2.47. The van der Waals surface area contributed by atoms with Gasteiger partial charge in [-0.3, -0.25) is 19.2 Å². The lowest BCUT2D eigenvalue weighted by molar-refractivity contribution is -0.143.